The average Bonchev–Trinajstić information content (AvgIpc) is 3.30. The number of amides is 2. The number of ether oxygens (including phenoxy) is 1. The van der Waals surface area contributed by atoms with E-state index < -0.39 is 0 Å². The number of likely N-dealkylation sites (tertiary alicyclic amines) is 1. The lowest BCUT2D eigenvalue weighted by molar-refractivity contribution is 0.0265. The predicted octanol–water partition coefficient (Wildman–Crippen LogP) is 2.14. The zero-order valence-electron chi connectivity index (χ0n) is 18.5. The maximum absolute atomic E-state index is 13.5. The van der Waals surface area contributed by atoms with Crippen LogP contribution in [0.4, 0.5) is 0 Å². The summed E-state index contributed by atoms with van der Waals surface area (Å²) in [5, 5.41) is 4.59. The molecule has 0 bridgehead atoms. The van der Waals surface area contributed by atoms with Crippen LogP contribution in [0.5, 0.6) is 0 Å². The molecule has 2 aliphatic heterocycles. The van der Waals surface area contributed by atoms with Crippen molar-refractivity contribution in [3.63, 3.8) is 0 Å². The van der Waals surface area contributed by atoms with Crippen LogP contribution in [0.15, 0.2) is 30.5 Å². The van der Waals surface area contributed by atoms with Crippen molar-refractivity contribution in [2.24, 2.45) is 0 Å². The Morgan fingerprint density at radius 1 is 1.09 bits per heavy atom. The van der Waals surface area contributed by atoms with E-state index in [2.05, 4.69) is 10.1 Å². The second-order valence-electron chi connectivity index (χ2n) is 8.55. The summed E-state index contributed by atoms with van der Waals surface area (Å²) in [6.07, 6.45) is 4.63. The Balaban J connectivity index is 1.38. The van der Waals surface area contributed by atoms with Crippen LogP contribution in [0.3, 0.4) is 0 Å². The number of aromatic nitrogens is 4. The average molecular weight is 437 g/mol. The van der Waals surface area contributed by atoms with Gasteiger partial charge in [0.25, 0.3) is 11.8 Å². The summed E-state index contributed by atoms with van der Waals surface area (Å²) in [6, 6.07) is 7.55. The molecule has 0 radical (unpaired) electrons. The molecule has 168 valence electrons. The number of hydrogen-bond donors (Lipinski definition) is 0. The second-order valence-corrected chi connectivity index (χ2v) is 8.55. The highest BCUT2D eigenvalue weighted by atomic mass is 16.5. The van der Waals surface area contributed by atoms with Gasteiger partial charge in [-0.05, 0) is 44.4 Å². The normalized spacial score (nSPS) is 19.1. The quantitative estimate of drug-likeness (QED) is 0.628. The number of aryl methyl sites for hydroxylation is 2. The van der Waals surface area contributed by atoms with Crippen molar-refractivity contribution in [3.05, 3.63) is 53.2 Å². The number of nitrogens with zero attached hydrogens (tertiary/aromatic N) is 6. The SMILES string of the molecule is COC1CCCN(C(=O)c2cc3n(n2)CCCN(C(=O)c2c(C)nc4ccccn24)C3)C1. The molecule has 0 saturated carbocycles. The third-order valence-corrected chi connectivity index (χ3v) is 6.43. The molecule has 1 fully saturated rings. The molecule has 1 unspecified atom stereocenters. The highest BCUT2D eigenvalue weighted by Crippen LogP contribution is 2.21. The second kappa shape index (κ2) is 8.38. The maximum atomic E-state index is 13.5. The fourth-order valence-electron chi connectivity index (χ4n) is 4.74. The largest absolute Gasteiger partial charge is 0.380 e. The van der Waals surface area contributed by atoms with Crippen LogP contribution in [-0.2, 0) is 17.8 Å². The fourth-order valence-corrected chi connectivity index (χ4v) is 4.74. The number of piperidine rings is 1. The van der Waals surface area contributed by atoms with Gasteiger partial charge in [-0.2, -0.15) is 5.10 Å². The Hall–Kier alpha value is -3.20. The van der Waals surface area contributed by atoms with Gasteiger partial charge in [0.15, 0.2) is 5.69 Å². The minimum absolute atomic E-state index is 0.0531. The van der Waals surface area contributed by atoms with E-state index >= 15 is 0 Å². The zero-order valence-corrected chi connectivity index (χ0v) is 18.5. The summed E-state index contributed by atoms with van der Waals surface area (Å²) in [5.41, 5.74) is 3.39. The van der Waals surface area contributed by atoms with Crippen LogP contribution in [0.2, 0.25) is 0 Å². The Labute approximate surface area is 186 Å². The number of fused-ring (bicyclic) bond motifs is 2. The number of hydrogen-bond acceptors (Lipinski definition) is 5. The molecule has 3 aromatic rings. The molecule has 0 aromatic carbocycles. The number of carbonyl (C=O) groups is 2. The topological polar surface area (TPSA) is 85.0 Å². The molecule has 0 spiro atoms. The van der Waals surface area contributed by atoms with Crippen LogP contribution < -0.4 is 0 Å². The van der Waals surface area contributed by atoms with Gasteiger partial charge < -0.3 is 14.5 Å². The van der Waals surface area contributed by atoms with Gasteiger partial charge in [0.1, 0.15) is 11.3 Å². The maximum Gasteiger partial charge on any atom is 0.274 e. The van der Waals surface area contributed by atoms with Crippen LogP contribution in [0, 0.1) is 6.92 Å². The van der Waals surface area contributed by atoms with Crippen molar-refractivity contribution < 1.29 is 14.3 Å². The van der Waals surface area contributed by atoms with Crippen LogP contribution in [0.1, 0.15) is 51.6 Å². The highest BCUT2D eigenvalue weighted by Gasteiger charge is 2.29. The third-order valence-electron chi connectivity index (χ3n) is 6.43. The molecular formula is C23H28N6O3. The number of pyridine rings is 1. The molecule has 1 saturated heterocycles. The summed E-state index contributed by atoms with van der Waals surface area (Å²) in [7, 11) is 1.69. The van der Waals surface area contributed by atoms with Gasteiger partial charge in [0, 0.05) is 39.5 Å². The number of methoxy groups -OCH3 is 1. The van der Waals surface area contributed by atoms with Crippen molar-refractivity contribution in [3.8, 4) is 0 Å². The molecule has 2 amide bonds. The zero-order chi connectivity index (χ0) is 22.2. The van der Waals surface area contributed by atoms with Crippen molar-refractivity contribution >= 4 is 17.5 Å². The standard InChI is InChI=1S/C23H28N6O3/c1-16-21(28-11-4-3-8-20(28)24-16)23(31)26-10-6-12-29-17(14-26)13-19(25-29)22(30)27-9-5-7-18(15-27)32-2/h3-4,8,11,13,18H,5-7,9-10,12,14-15H2,1-2H3. The van der Waals surface area contributed by atoms with Crippen molar-refractivity contribution in [1.82, 2.24) is 29.0 Å². The van der Waals surface area contributed by atoms with E-state index in [9.17, 15) is 9.59 Å². The molecular weight excluding hydrogens is 408 g/mol. The first-order valence-corrected chi connectivity index (χ1v) is 11.2. The van der Waals surface area contributed by atoms with E-state index in [0.29, 0.717) is 43.3 Å². The molecule has 3 aromatic heterocycles. The Morgan fingerprint density at radius 2 is 1.94 bits per heavy atom. The van der Waals surface area contributed by atoms with E-state index in [0.717, 1.165) is 37.1 Å². The Kier molecular flexibility index (Phi) is 5.42. The Morgan fingerprint density at radius 3 is 2.78 bits per heavy atom. The molecule has 9 nitrogen and oxygen atoms in total. The fraction of sp³-hybridized carbons (Fsp3) is 0.478. The van der Waals surface area contributed by atoms with Crippen molar-refractivity contribution in [2.75, 3.05) is 26.7 Å². The van der Waals surface area contributed by atoms with Gasteiger partial charge in [0.05, 0.1) is 24.0 Å². The lowest BCUT2D eigenvalue weighted by Gasteiger charge is -2.31. The van der Waals surface area contributed by atoms with E-state index in [1.807, 2.05) is 56.3 Å². The van der Waals surface area contributed by atoms with Gasteiger partial charge in [-0.15, -0.1) is 0 Å². The monoisotopic (exact) mass is 436 g/mol. The van der Waals surface area contributed by atoms with Crippen LogP contribution in [0.25, 0.3) is 5.65 Å². The van der Waals surface area contributed by atoms with E-state index in [4.69, 9.17) is 4.74 Å². The van der Waals surface area contributed by atoms with Gasteiger partial charge in [0.2, 0.25) is 0 Å². The minimum Gasteiger partial charge on any atom is -0.380 e. The van der Waals surface area contributed by atoms with Crippen LogP contribution in [-0.4, -0.2) is 73.6 Å². The summed E-state index contributed by atoms with van der Waals surface area (Å²) in [5.74, 6) is -0.120. The molecule has 2 aliphatic rings. The molecule has 32 heavy (non-hydrogen) atoms. The number of carbonyl (C=O) groups excluding carboxylic acids is 2. The Bertz CT molecular complexity index is 1170. The van der Waals surface area contributed by atoms with E-state index in [1.54, 1.807) is 7.11 Å². The highest BCUT2D eigenvalue weighted by molar-refractivity contribution is 5.95. The summed E-state index contributed by atoms with van der Waals surface area (Å²) in [6.45, 7) is 4.91. The predicted molar refractivity (Wildman–Crippen MR) is 117 cm³/mol. The van der Waals surface area contributed by atoms with Crippen molar-refractivity contribution in [1.29, 1.82) is 0 Å². The summed E-state index contributed by atoms with van der Waals surface area (Å²) >= 11 is 0. The van der Waals surface area contributed by atoms with E-state index in [-0.39, 0.29) is 17.9 Å². The van der Waals surface area contributed by atoms with Gasteiger partial charge in [-0.1, -0.05) is 6.07 Å². The molecule has 9 heteroatoms. The number of rotatable bonds is 3. The molecule has 5 heterocycles. The smallest absolute Gasteiger partial charge is 0.274 e. The lowest BCUT2D eigenvalue weighted by Crippen LogP contribution is -2.43. The molecule has 1 atom stereocenters. The van der Waals surface area contributed by atoms with E-state index in [1.165, 1.54) is 0 Å². The van der Waals surface area contributed by atoms with Gasteiger partial charge in [-0.25, -0.2) is 4.98 Å². The summed E-state index contributed by atoms with van der Waals surface area (Å²) in [4.78, 5) is 34.7. The first-order valence-electron chi connectivity index (χ1n) is 11.2. The van der Waals surface area contributed by atoms with Crippen LogP contribution >= 0.6 is 0 Å². The van der Waals surface area contributed by atoms with Gasteiger partial charge >= 0.3 is 0 Å². The molecule has 5 rings (SSSR count). The summed E-state index contributed by atoms with van der Waals surface area (Å²) < 4.78 is 9.17. The lowest BCUT2D eigenvalue weighted by atomic mass is 10.1. The first kappa shape index (κ1) is 20.7. The minimum atomic E-state index is -0.0668. The number of imidazole rings is 1. The molecule has 0 N–H and O–H groups in total. The van der Waals surface area contributed by atoms with Gasteiger partial charge in [-0.3, -0.25) is 18.7 Å². The van der Waals surface area contributed by atoms with Crippen molar-refractivity contribution in [2.45, 2.75) is 45.4 Å². The third kappa shape index (κ3) is 3.66. The first-order chi connectivity index (χ1) is 15.5. The molecule has 0 aliphatic carbocycles.